The topological polar surface area (TPSA) is 72.6 Å². The van der Waals surface area contributed by atoms with Crippen molar-refractivity contribution >= 4 is 17.5 Å². The molecule has 1 atom stereocenters. The average Bonchev–Trinajstić information content (AvgIpc) is 3.33. The number of aliphatic imine (C=N–C) groups is 1. The summed E-state index contributed by atoms with van der Waals surface area (Å²) >= 11 is 0. The van der Waals surface area contributed by atoms with Crippen LogP contribution in [0.4, 0.5) is 10.1 Å². The Balaban J connectivity index is 1.86. The molecule has 1 heterocycles. The van der Waals surface area contributed by atoms with Gasteiger partial charge in [-0.2, -0.15) is 0 Å². The molecule has 0 bridgehead atoms. The molecule has 0 saturated heterocycles. The molecule has 3 rings (SSSR count). The summed E-state index contributed by atoms with van der Waals surface area (Å²) in [5.74, 6) is 0.670. The smallest absolute Gasteiger partial charge is 0.305 e. The summed E-state index contributed by atoms with van der Waals surface area (Å²) in [5.41, 5.74) is 3.79. The summed E-state index contributed by atoms with van der Waals surface area (Å²) in [5, 5.41) is 8.62. The van der Waals surface area contributed by atoms with Gasteiger partial charge in [0.05, 0.1) is 24.5 Å². The van der Waals surface area contributed by atoms with Crippen LogP contribution in [-0.2, 0) is 9.53 Å². The van der Waals surface area contributed by atoms with Crippen molar-refractivity contribution in [2.75, 3.05) is 19.1 Å². The first-order valence-corrected chi connectivity index (χ1v) is 11.7. The fourth-order valence-electron chi connectivity index (χ4n) is 3.72. The lowest BCUT2D eigenvalue weighted by Gasteiger charge is -2.24. The van der Waals surface area contributed by atoms with Crippen molar-refractivity contribution in [3.63, 3.8) is 0 Å². The van der Waals surface area contributed by atoms with E-state index in [0.717, 1.165) is 41.3 Å². The number of carbonyl (C=O) groups is 1. The van der Waals surface area contributed by atoms with E-state index in [9.17, 15) is 9.18 Å². The highest BCUT2D eigenvalue weighted by Gasteiger charge is 2.19. The van der Waals surface area contributed by atoms with E-state index >= 15 is 0 Å². The minimum atomic E-state index is -0.279. The van der Waals surface area contributed by atoms with Crippen LogP contribution in [0.5, 0.6) is 0 Å². The van der Waals surface area contributed by atoms with Crippen molar-refractivity contribution in [2.24, 2.45) is 4.99 Å². The van der Waals surface area contributed by atoms with E-state index in [1.165, 1.54) is 19.2 Å². The molecule has 7 nitrogen and oxygen atoms in total. The molecule has 0 spiro atoms. The molecule has 1 aliphatic rings. The summed E-state index contributed by atoms with van der Waals surface area (Å²) in [7, 11) is 3.33. The van der Waals surface area contributed by atoms with Gasteiger partial charge in [-0.3, -0.25) is 4.79 Å². The summed E-state index contributed by atoms with van der Waals surface area (Å²) in [6.07, 6.45) is 9.65. The number of hydrogen-bond donors (Lipinski definition) is 0. The molecule has 0 saturated carbocycles. The minimum Gasteiger partial charge on any atom is -0.469 e. The van der Waals surface area contributed by atoms with Crippen LogP contribution < -0.4 is 4.90 Å². The Labute approximate surface area is 201 Å². The van der Waals surface area contributed by atoms with Crippen LogP contribution >= 0.6 is 0 Å². The van der Waals surface area contributed by atoms with Crippen molar-refractivity contribution in [3.05, 3.63) is 65.4 Å². The predicted octanol–water partition coefficient (Wildman–Crippen LogP) is 5.58. The van der Waals surface area contributed by atoms with Gasteiger partial charge in [-0.1, -0.05) is 25.1 Å². The van der Waals surface area contributed by atoms with E-state index in [2.05, 4.69) is 43.2 Å². The Morgan fingerprint density at radius 1 is 1.26 bits per heavy atom. The maximum absolute atomic E-state index is 13.5. The van der Waals surface area contributed by atoms with Crippen LogP contribution in [-0.4, -0.2) is 41.0 Å². The molecule has 2 aromatic rings. The summed E-state index contributed by atoms with van der Waals surface area (Å²) in [6, 6.07) is 6.41. The van der Waals surface area contributed by atoms with Crippen LogP contribution in [0.1, 0.15) is 70.5 Å². The summed E-state index contributed by atoms with van der Waals surface area (Å²) in [4.78, 5) is 18.5. The molecule has 8 heteroatoms. The SMILES string of the molecule is COC(=O)CCCCC(=NC1=CC(n2cc(C(C)C)nn2)CC=C1C)N(C)c1ccc(F)cc1. The van der Waals surface area contributed by atoms with Crippen LogP contribution in [0.15, 0.2) is 58.9 Å². The molecular weight excluding hydrogens is 433 g/mol. The van der Waals surface area contributed by atoms with Crippen molar-refractivity contribution in [1.29, 1.82) is 0 Å². The average molecular weight is 468 g/mol. The van der Waals surface area contributed by atoms with Crippen LogP contribution in [0.3, 0.4) is 0 Å². The number of carbonyl (C=O) groups excluding carboxylic acids is 1. The largest absolute Gasteiger partial charge is 0.469 e. The Bertz CT molecular complexity index is 1070. The van der Waals surface area contributed by atoms with Crippen molar-refractivity contribution in [3.8, 4) is 0 Å². The third kappa shape index (κ3) is 6.62. The van der Waals surface area contributed by atoms with Crippen LogP contribution in [0.2, 0.25) is 0 Å². The first kappa shape index (κ1) is 25.3. The van der Waals surface area contributed by atoms with E-state index in [1.807, 2.05) is 22.8 Å². The molecule has 1 aliphatic carbocycles. The Kier molecular flexibility index (Phi) is 8.73. The molecule has 182 valence electrons. The summed E-state index contributed by atoms with van der Waals surface area (Å²) < 4.78 is 20.1. The van der Waals surface area contributed by atoms with Crippen molar-refractivity contribution in [2.45, 2.75) is 64.8 Å². The van der Waals surface area contributed by atoms with E-state index in [4.69, 9.17) is 9.73 Å². The lowest BCUT2D eigenvalue weighted by molar-refractivity contribution is -0.140. The van der Waals surface area contributed by atoms with Crippen molar-refractivity contribution < 1.29 is 13.9 Å². The van der Waals surface area contributed by atoms with Gasteiger partial charge >= 0.3 is 5.97 Å². The molecule has 0 aliphatic heterocycles. The van der Waals surface area contributed by atoms with Gasteiger partial charge in [0.15, 0.2) is 0 Å². The number of halogens is 1. The van der Waals surface area contributed by atoms with E-state index in [1.54, 1.807) is 12.1 Å². The molecule has 34 heavy (non-hydrogen) atoms. The zero-order chi connectivity index (χ0) is 24.7. The second-order valence-electron chi connectivity index (χ2n) is 8.87. The zero-order valence-corrected chi connectivity index (χ0v) is 20.7. The highest BCUT2D eigenvalue weighted by Crippen LogP contribution is 2.28. The first-order chi connectivity index (χ1) is 16.3. The molecule has 0 N–H and O–H groups in total. The van der Waals surface area contributed by atoms with Gasteiger partial charge in [-0.25, -0.2) is 14.1 Å². The lowest BCUT2D eigenvalue weighted by Crippen LogP contribution is -2.27. The number of allylic oxidation sites excluding steroid dienone is 3. The second-order valence-corrected chi connectivity index (χ2v) is 8.87. The lowest BCUT2D eigenvalue weighted by atomic mass is 10.0. The molecule has 0 radical (unpaired) electrons. The highest BCUT2D eigenvalue weighted by atomic mass is 19.1. The number of nitrogens with zero attached hydrogens (tertiary/aromatic N) is 5. The number of anilines is 1. The van der Waals surface area contributed by atoms with Crippen LogP contribution in [0, 0.1) is 5.82 Å². The van der Waals surface area contributed by atoms with Gasteiger partial charge in [0.25, 0.3) is 0 Å². The van der Waals surface area contributed by atoms with E-state index < -0.39 is 0 Å². The summed E-state index contributed by atoms with van der Waals surface area (Å²) in [6.45, 7) is 6.25. The van der Waals surface area contributed by atoms with Gasteiger partial charge in [0, 0.05) is 31.8 Å². The third-order valence-electron chi connectivity index (χ3n) is 5.99. The normalized spacial score (nSPS) is 16.3. The fourth-order valence-corrected chi connectivity index (χ4v) is 3.72. The van der Waals surface area contributed by atoms with Gasteiger partial charge in [-0.15, -0.1) is 5.10 Å². The molecule has 1 aromatic heterocycles. The number of aromatic nitrogens is 3. The Hall–Kier alpha value is -3.29. The monoisotopic (exact) mass is 467 g/mol. The number of hydrogen-bond acceptors (Lipinski definition) is 5. The fraction of sp³-hybridized carbons (Fsp3) is 0.462. The minimum absolute atomic E-state index is 0.0409. The molecule has 0 fully saturated rings. The number of methoxy groups -OCH3 is 1. The quantitative estimate of drug-likeness (QED) is 0.208. The van der Waals surface area contributed by atoms with E-state index in [-0.39, 0.29) is 17.8 Å². The molecular formula is C26H34FN5O2. The molecule has 1 aromatic carbocycles. The number of esters is 1. The predicted molar refractivity (Wildman–Crippen MR) is 132 cm³/mol. The Morgan fingerprint density at radius 3 is 2.62 bits per heavy atom. The maximum atomic E-state index is 13.5. The van der Waals surface area contributed by atoms with Gasteiger partial charge in [0.2, 0.25) is 0 Å². The zero-order valence-electron chi connectivity index (χ0n) is 20.7. The van der Waals surface area contributed by atoms with Crippen molar-refractivity contribution in [1.82, 2.24) is 15.0 Å². The van der Waals surface area contributed by atoms with E-state index in [0.29, 0.717) is 25.2 Å². The number of amidine groups is 1. The third-order valence-corrected chi connectivity index (χ3v) is 5.99. The number of ether oxygens (including phenoxy) is 1. The molecule has 0 amide bonds. The first-order valence-electron chi connectivity index (χ1n) is 11.7. The highest BCUT2D eigenvalue weighted by molar-refractivity contribution is 5.98. The van der Waals surface area contributed by atoms with Gasteiger partial charge in [0.1, 0.15) is 11.7 Å². The Morgan fingerprint density at radius 2 is 1.97 bits per heavy atom. The standard InChI is InChI=1S/C26H34FN5O2/c1-18(2)24-17-32(30-29-24)22-13-10-19(3)23(16-22)28-25(8-6-7-9-26(33)34-5)31(4)21-14-11-20(27)12-15-21/h10-12,14-18,22H,6-9,13H2,1-5H3. The van der Waals surface area contributed by atoms with Crippen LogP contribution in [0.25, 0.3) is 0 Å². The van der Waals surface area contributed by atoms with Gasteiger partial charge < -0.3 is 9.64 Å². The maximum Gasteiger partial charge on any atom is 0.305 e. The molecule has 1 unspecified atom stereocenters. The second kappa shape index (κ2) is 11.7. The number of benzene rings is 1. The number of rotatable bonds is 9. The van der Waals surface area contributed by atoms with Gasteiger partial charge in [-0.05, 0) is 68.0 Å². The number of unbranched alkanes of at least 4 members (excludes halogenated alkanes) is 1.